The maximum atomic E-state index is 11.7. The molecule has 2 atom stereocenters. The molecule has 6 rings (SSSR count). The second-order valence-corrected chi connectivity index (χ2v) is 9.43. The molecule has 0 saturated carbocycles. The summed E-state index contributed by atoms with van der Waals surface area (Å²) in [5.41, 5.74) is 6.97. The average molecular weight is 449 g/mol. The molecule has 174 valence electrons. The maximum Gasteiger partial charge on any atom is 0.337 e. The highest BCUT2D eigenvalue weighted by molar-refractivity contribution is 5.90. The van der Waals surface area contributed by atoms with Crippen molar-refractivity contribution in [3.8, 4) is 0 Å². The second kappa shape index (κ2) is 9.27. The highest BCUT2D eigenvalue weighted by Gasteiger charge is 2.36. The first kappa shape index (κ1) is 22.1. The molecule has 0 aliphatic carbocycles. The average Bonchev–Trinajstić information content (AvgIpc) is 3.50. The van der Waals surface area contributed by atoms with Crippen molar-refractivity contribution < 1.29 is 19.4 Å². The van der Waals surface area contributed by atoms with E-state index in [0.717, 1.165) is 30.5 Å². The van der Waals surface area contributed by atoms with Gasteiger partial charge in [0.15, 0.2) is 0 Å². The number of esters is 1. The van der Waals surface area contributed by atoms with Crippen LogP contribution in [0.25, 0.3) is 0 Å². The summed E-state index contributed by atoms with van der Waals surface area (Å²) in [6.45, 7) is 3.44. The van der Waals surface area contributed by atoms with Gasteiger partial charge in [0.25, 0.3) is 0 Å². The van der Waals surface area contributed by atoms with Crippen LogP contribution in [0.5, 0.6) is 0 Å². The van der Waals surface area contributed by atoms with Crippen LogP contribution in [0.3, 0.4) is 0 Å². The second-order valence-electron chi connectivity index (χ2n) is 9.43. The van der Waals surface area contributed by atoms with Crippen molar-refractivity contribution in [2.75, 3.05) is 26.7 Å². The number of ether oxygens (including phenoxy) is 1. The van der Waals surface area contributed by atoms with Gasteiger partial charge in [-0.2, -0.15) is 0 Å². The molecule has 2 aromatic rings. The quantitative estimate of drug-likeness (QED) is 0.712. The topological polar surface area (TPSA) is 70.1 Å². The highest BCUT2D eigenvalue weighted by Crippen LogP contribution is 2.39. The van der Waals surface area contributed by atoms with Crippen molar-refractivity contribution in [2.24, 2.45) is 0 Å². The van der Waals surface area contributed by atoms with Crippen LogP contribution in [-0.2, 0) is 29.0 Å². The smallest absolute Gasteiger partial charge is 0.337 e. The Bertz CT molecular complexity index is 1070. The molecule has 4 heterocycles. The molecule has 0 aromatic heterocycles. The van der Waals surface area contributed by atoms with E-state index in [-0.39, 0.29) is 24.5 Å². The van der Waals surface area contributed by atoms with Gasteiger partial charge in [0.2, 0.25) is 5.91 Å². The Morgan fingerprint density at radius 1 is 0.970 bits per heavy atom. The lowest BCUT2D eigenvalue weighted by molar-refractivity contribution is -0.129. The molecule has 4 aliphatic rings. The lowest BCUT2D eigenvalue weighted by Gasteiger charge is -2.32. The number of amides is 1. The van der Waals surface area contributed by atoms with Gasteiger partial charge in [0.1, 0.15) is 0 Å². The minimum absolute atomic E-state index is 0.158. The van der Waals surface area contributed by atoms with E-state index in [4.69, 9.17) is 9.84 Å². The minimum Gasteiger partial charge on any atom is -0.465 e. The van der Waals surface area contributed by atoms with Crippen LogP contribution in [0.4, 0.5) is 0 Å². The molecule has 2 unspecified atom stereocenters. The fourth-order valence-electron chi connectivity index (χ4n) is 5.95. The minimum atomic E-state index is -0.320. The van der Waals surface area contributed by atoms with Crippen LogP contribution >= 0.6 is 0 Å². The Morgan fingerprint density at radius 3 is 2.52 bits per heavy atom. The number of carbonyl (C=O) groups excluding carboxylic acids is 2. The van der Waals surface area contributed by atoms with Crippen LogP contribution in [-0.4, -0.2) is 53.5 Å². The monoisotopic (exact) mass is 448 g/mol. The Kier molecular flexibility index (Phi) is 6.21. The first-order chi connectivity index (χ1) is 16.1. The van der Waals surface area contributed by atoms with Crippen LogP contribution in [0.1, 0.15) is 75.9 Å². The molecule has 0 spiro atoms. The van der Waals surface area contributed by atoms with Crippen molar-refractivity contribution in [2.45, 2.75) is 57.2 Å². The Balaban J connectivity index is 0.000000140. The molecular formula is C27H32N2O4. The van der Waals surface area contributed by atoms with E-state index in [0.29, 0.717) is 18.0 Å². The largest absolute Gasteiger partial charge is 0.465 e. The summed E-state index contributed by atoms with van der Waals surface area (Å²) in [4.78, 5) is 27.8. The van der Waals surface area contributed by atoms with E-state index in [9.17, 15) is 9.59 Å². The molecular weight excluding hydrogens is 416 g/mol. The number of aliphatic hydroxyl groups is 1. The van der Waals surface area contributed by atoms with Crippen LogP contribution in [0.2, 0.25) is 0 Å². The van der Waals surface area contributed by atoms with Crippen molar-refractivity contribution >= 4 is 11.9 Å². The molecule has 4 aliphatic heterocycles. The van der Waals surface area contributed by atoms with Gasteiger partial charge in [0.05, 0.1) is 25.3 Å². The zero-order chi connectivity index (χ0) is 22.9. The predicted octanol–water partition coefficient (Wildman–Crippen LogP) is 3.56. The number of carbonyl (C=O) groups is 2. The fourth-order valence-corrected chi connectivity index (χ4v) is 5.95. The van der Waals surface area contributed by atoms with Gasteiger partial charge in [-0.1, -0.05) is 24.3 Å². The number of fused-ring (bicyclic) bond motifs is 6. The van der Waals surface area contributed by atoms with E-state index in [1.807, 2.05) is 17.0 Å². The Labute approximate surface area is 195 Å². The van der Waals surface area contributed by atoms with Gasteiger partial charge < -0.3 is 14.7 Å². The van der Waals surface area contributed by atoms with E-state index in [1.165, 1.54) is 56.2 Å². The number of benzene rings is 2. The molecule has 1 N–H and O–H groups in total. The number of aliphatic hydroxyl groups excluding tert-OH is 1. The first-order valence-electron chi connectivity index (χ1n) is 12.1. The van der Waals surface area contributed by atoms with Crippen LogP contribution in [0, 0.1) is 0 Å². The molecule has 6 nitrogen and oxygen atoms in total. The van der Waals surface area contributed by atoms with Gasteiger partial charge in [-0.15, -0.1) is 0 Å². The molecule has 2 saturated heterocycles. The predicted molar refractivity (Wildman–Crippen MR) is 125 cm³/mol. The maximum absolute atomic E-state index is 11.7. The molecule has 2 aromatic carbocycles. The van der Waals surface area contributed by atoms with Gasteiger partial charge in [0, 0.05) is 25.6 Å². The standard InChI is InChI=1S/C14H15NO3.C13H17NO/c1-18-14(17)10-3-2-9-6-7-15-12(11(9)8-10)4-5-13(15)16;15-9-10-3-4-11-5-7-14-6-1-2-13(14)12(11)8-10/h2-3,8,12H,4-7H2,1H3;3-4,8,13,15H,1-2,5-7,9H2. The summed E-state index contributed by atoms with van der Waals surface area (Å²) >= 11 is 0. The summed E-state index contributed by atoms with van der Waals surface area (Å²) < 4.78 is 4.74. The molecule has 0 radical (unpaired) electrons. The third-order valence-corrected chi connectivity index (χ3v) is 7.66. The summed E-state index contributed by atoms with van der Waals surface area (Å²) in [5.74, 6) is -0.0895. The van der Waals surface area contributed by atoms with Crippen molar-refractivity contribution in [3.63, 3.8) is 0 Å². The number of rotatable bonds is 2. The SMILES string of the molecule is COC(=O)c1ccc2c(c1)C1CCC(=O)N1CC2.OCc1ccc2c(c1)C1CCCN1CC2. The van der Waals surface area contributed by atoms with Crippen LogP contribution in [0.15, 0.2) is 36.4 Å². The number of methoxy groups -OCH3 is 1. The number of hydrogen-bond acceptors (Lipinski definition) is 5. The fraction of sp³-hybridized carbons (Fsp3) is 0.481. The molecule has 0 bridgehead atoms. The van der Waals surface area contributed by atoms with Crippen LogP contribution < -0.4 is 0 Å². The Hall–Kier alpha value is -2.70. The number of hydrogen-bond donors (Lipinski definition) is 1. The van der Waals surface area contributed by atoms with E-state index >= 15 is 0 Å². The van der Waals surface area contributed by atoms with Gasteiger partial charge >= 0.3 is 5.97 Å². The summed E-state index contributed by atoms with van der Waals surface area (Å²) in [6, 6.07) is 12.9. The molecule has 6 heteroatoms. The molecule has 33 heavy (non-hydrogen) atoms. The lowest BCUT2D eigenvalue weighted by Crippen LogP contribution is -2.34. The zero-order valence-electron chi connectivity index (χ0n) is 19.3. The third-order valence-electron chi connectivity index (χ3n) is 7.66. The zero-order valence-corrected chi connectivity index (χ0v) is 19.3. The van der Waals surface area contributed by atoms with E-state index in [2.05, 4.69) is 23.1 Å². The van der Waals surface area contributed by atoms with Crippen molar-refractivity contribution in [1.82, 2.24) is 9.80 Å². The normalized spacial score (nSPS) is 23.1. The number of nitrogens with zero attached hydrogens (tertiary/aromatic N) is 2. The molecule has 1 amide bonds. The van der Waals surface area contributed by atoms with Gasteiger partial charge in [-0.25, -0.2) is 4.79 Å². The van der Waals surface area contributed by atoms with E-state index < -0.39 is 0 Å². The summed E-state index contributed by atoms with van der Waals surface area (Å²) in [7, 11) is 1.38. The first-order valence-corrected chi connectivity index (χ1v) is 12.1. The van der Waals surface area contributed by atoms with Crippen molar-refractivity contribution in [3.05, 3.63) is 69.8 Å². The lowest BCUT2D eigenvalue weighted by atomic mass is 9.91. The summed E-state index contributed by atoms with van der Waals surface area (Å²) in [5, 5.41) is 9.17. The highest BCUT2D eigenvalue weighted by atomic mass is 16.5. The summed E-state index contributed by atoms with van der Waals surface area (Å²) in [6.07, 6.45) is 6.15. The van der Waals surface area contributed by atoms with Gasteiger partial charge in [-0.05, 0) is 78.6 Å². The van der Waals surface area contributed by atoms with Crippen molar-refractivity contribution in [1.29, 1.82) is 0 Å². The third kappa shape index (κ3) is 4.18. The molecule has 2 fully saturated rings. The van der Waals surface area contributed by atoms with Gasteiger partial charge in [-0.3, -0.25) is 9.69 Å². The van der Waals surface area contributed by atoms with E-state index in [1.54, 1.807) is 6.07 Å². The Morgan fingerprint density at radius 2 is 1.73 bits per heavy atom.